The van der Waals surface area contributed by atoms with Gasteiger partial charge < -0.3 is 10.2 Å². The zero-order chi connectivity index (χ0) is 14.8. The molecule has 0 unspecified atom stereocenters. The Hall–Kier alpha value is -1.24. The molecule has 4 nitrogen and oxygen atoms in total. The van der Waals surface area contributed by atoms with Gasteiger partial charge >= 0.3 is 0 Å². The highest BCUT2D eigenvalue weighted by atomic mass is 32.1. The largest absolute Gasteiger partial charge is 0.338 e. The third-order valence-corrected chi connectivity index (χ3v) is 6.08. The van der Waals surface area contributed by atoms with Crippen LogP contribution in [0.5, 0.6) is 0 Å². The molecule has 1 fully saturated rings. The zero-order valence-electron chi connectivity index (χ0n) is 12.3. The Kier molecular flexibility index (Phi) is 4.37. The molecule has 6 heteroatoms. The summed E-state index contributed by atoms with van der Waals surface area (Å²) in [6.45, 7) is 3.91. The van der Waals surface area contributed by atoms with Gasteiger partial charge in [-0.05, 0) is 44.3 Å². The van der Waals surface area contributed by atoms with Gasteiger partial charge in [-0.25, -0.2) is 4.98 Å². The maximum Gasteiger partial charge on any atom is 0.265 e. The maximum absolute atomic E-state index is 12.7. The lowest BCUT2D eigenvalue weighted by atomic mass is 10.1. The van der Waals surface area contributed by atoms with Crippen LogP contribution in [0.25, 0.3) is 9.88 Å². The number of hydrogen-bond acceptors (Lipinski definition) is 5. The van der Waals surface area contributed by atoms with E-state index in [1.807, 2.05) is 36.4 Å². The van der Waals surface area contributed by atoms with E-state index in [1.165, 1.54) is 11.3 Å². The predicted octanol–water partition coefficient (Wildman–Crippen LogP) is 3.00. The van der Waals surface area contributed by atoms with Gasteiger partial charge in [0, 0.05) is 13.1 Å². The van der Waals surface area contributed by atoms with Crippen molar-refractivity contribution in [2.24, 2.45) is 0 Å². The number of thiazole rings is 1. The molecule has 0 aliphatic carbocycles. The van der Waals surface area contributed by atoms with Crippen LogP contribution in [0.2, 0.25) is 0 Å². The average molecular weight is 321 g/mol. The number of amides is 1. The number of aryl methyl sites for hydroxylation is 1. The molecule has 112 valence electrons. The summed E-state index contributed by atoms with van der Waals surface area (Å²) in [5, 5.41) is 6.32. The SMILES string of the molecule is Cc1nc(-c2cccs2)sc1C(=O)N(C)C1CCNCC1. The van der Waals surface area contributed by atoms with Crippen LogP contribution < -0.4 is 5.32 Å². The van der Waals surface area contributed by atoms with Crippen LogP contribution in [-0.2, 0) is 0 Å². The minimum absolute atomic E-state index is 0.111. The first-order valence-electron chi connectivity index (χ1n) is 7.16. The minimum atomic E-state index is 0.111. The number of piperidine rings is 1. The standard InChI is InChI=1S/C15H19N3OS2/c1-10-13(21-14(17-10)12-4-3-9-20-12)15(19)18(2)11-5-7-16-8-6-11/h3-4,9,11,16H,5-8H2,1-2H3. The van der Waals surface area contributed by atoms with E-state index >= 15 is 0 Å². The van der Waals surface area contributed by atoms with Crippen molar-refractivity contribution in [3.8, 4) is 9.88 Å². The average Bonchev–Trinajstić information content (AvgIpc) is 3.16. The molecule has 0 aromatic carbocycles. The molecule has 3 heterocycles. The molecular weight excluding hydrogens is 302 g/mol. The molecule has 2 aromatic heterocycles. The summed E-state index contributed by atoms with van der Waals surface area (Å²) in [7, 11) is 1.92. The van der Waals surface area contributed by atoms with Crippen LogP contribution in [0, 0.1) is 6.92 Å². The van der Waals surface area contributed by atoms with Crippen LogP contribution in [0.4, 0.5) is 0 Å². The molecule has 21 heavy (non-hydrogen) atoms. The van der Waals surface area contributed by atoms with Crippen molar-refractivity contribution in [3.05, 3.63) is 28.1 Å². The topological polar surface area (TPSA) is 45.2 Å². The van der Waals surface area contributed by atoms with Gasteiger partial charge in [-0.3, -0.25) is 4.79 Å². The Labute approximate surface area is 132 Å². The Morgan fingerprint density at radius 1 is 1.43 bits per heavy atom. The second kappa shape index (κ2) is 6.25. The monoisotopic (exact) mass is 321 g/mol. The number of nitrogens with zero attached hydrogens (tertiary/aromatic N) is 2. The number of nitrogens with one attached hydrogen (secondary N) is 1. The first kappa shape index (κ1) is 14.7. The number of hydrogen-bond donors (Lipinski definition) is 1. The number of aromatic nitrogens is 1. The predicted molar refractivity (Wildman–Crippen MR) is 88.1 cm³/mol. The van der Waals surface area contributed by atoms with Gasteiger partial charge in [0.1, 0.15) is 9.88 Å². The van der Waals surface area contributed by atoms with Crippen molar-refractivity contribution in [1.29, 1.82) is 0 Å². The highest BCUT2D eigenvalue weighted by Gasteiger charge is 2.26. The molecule has 0 atom stereocenters. The highest BCUT2D eigenvalue weighted by molar-refractivity contribution is 7.22. The molecule has 1 amide bonds. The number of carbonyl (C=O) groups excluding carboxylic acids is 1. The summed E-state index contributed by atoms with van der Waals surface area (Å²) in [5.41, 5.74) is 0.842. The van der Waals surface area contributed by atoms with E-state index in [-0.39, 0.29) is 5.91 Å². The third kappa shape index (κ3) is 3.02. The van der Waals surface area contributed by atoms with Crippen molar-refractivity contribution in [2.75, 3.05) is 20.1 Å². The first-order chi connectivity index (χ1) is 10.2. The smallest absolute Gasteiger partial charge is 0.265 e. The zero-order valence-corrected chi connectivity index (χ0v) is 13.9. The Morgan fingerprint density at radius 2 is 2.19 bits per heavy atom. The number of thiophene rings is 1. The van der Waals surface area contributed by atoms with Gasteiger partial charge in [-0.1, -0.05) is 6.07 Å². The normalized spacial score (nSPS) is 16.1. The third-order valence-electron chi connectivity index (χ3n) is 3.90. The number of carbonyl (C=O) groups is 1. The fourth-order valence-electron chi connectivity index (χ4n) is 2.62. The maximum atomic E-state index is 12.7. The molecule has 1 aliphatic rings. The Balaban J connectivity index is 1.81. The molecule has 1 saturated heterocycles. The van der Waals surface area contributed by atoms with Gasteiger partial charge in [0.25, 0.3) is 5.91 Å². The summed E-state index contributed by atoms with van der Waals surface area (Å²) < 4.78 is 0. The summed E-state index contributed by atoms with van der Waals surface area (Å²) in [6.07, 6.45) is 2.05. The van der Waals surface area contributed by atoms with Gasteiger partial charge in [0.05, 0.1) is 10.6 Å². The van der Waals surface area contributed by atoms with Crippen LogP contribution in [0.1, 0.15) is 28.2 Å². The fourth-order valence-corrected chi connectivity index (χ4v) is 4.47. The van der Waals surface area contributed by atoms with Gasteiger partial charge in [-0.2, -0.15) is 0 Å². The van der Waals surface area contributed by atoms with Crippen LogP contribution >= 0.6 is 22.7 Å². The first-order valence-corrected chi connectivity index (χ1v) is 8.85. The van der Waals surface area contributed by atoms with E-state index in [4.69, 9.17) is 0 Å². The van der Waals surface area contributed by atoms with Crippen LogP contribution in [0.15, 0.2) is 17.5 Å². The minimum Gasteiger partial charge on any atom is -0.338 e. The summed E-state index contributed by atoms with van der Waals surface area (Å²) >= 11 is 3.17. The van der Waals surface area contributed by atoms with Crippen molar-refractivity contribution >= 4 is 28.6 Å². The van der Waals surface area contributed by atoms with Crippen LogP contribution in [-0.4, -0.2) is 42.0 Å². The molecule has 0 radical (unpaired) electrons. The summed E-state index contributed by atoms with van der Waals surface area (Å²) in [5.74, 6) is 0.111. The van der Waals surface area contributed by atoms with Crippen LogP contribution in [0.3, 0.4) is 0 Å². The molecule has 3 rings (SSSR count). The van der Waals surface area contributed by atoms with E-state index in [0.29, 0.717) is 6.04 Å². The molecule has 1 aliphatic heterocycles. The molecule has 1 N–H and O–H groups in total. The highest BCUT2D eigenvalue weighted by Crippen LogP contribution is 2.32. The lowest BCUT2D eigenvalue weighted by Crippen LogP contribution is -2.43. The lowest BCUT2D eigenvalue weighted by Gasteiger charge is -2.31. The molecular formula is C15H19N3OS2. The van der Waals surface area contributed by atoms with Crippen molar-refractivity contribution < 1.29 is 4.79 Å². The van der Waals surface area contributed by atoms with Gasteiger partial charge in [-0.15, -0.1) is 22.7 Å². The van der Waals surface area contributed by atoms with Crippen molar-refractivity contribution in [3.63, 3.8) is 0 Å². The van der Waals surface area contributed by atoms with E-state index in [1.54, 1.807) is 11.3 Å². The van der Waals surface area contributed by atoms with Crippen molar-refractivity contribution in [1.82, 2.24) is 15.2 Å². The van der Waals surface area contributed by atoms with E-state index in [9.17, 15) is 4.79 Å². The van der Waals surface area contributed by atoms with Gasteiger partial charge in [0.2, 0.25) is 0 Å². The van der Waals surface area contributed by atoms with E-state index in [2.05, 4.69) is 10.3 Å². The number of rotatable bonds is 3. The molecule has 0 bridgehead atoms. The second-order valence-corrected chi connectivity index (χ2v) is 7.25. The van der Waals surface area contributed by atoms with E-state index < -0.39 is 0 Å². The molecule has 0 saturated carbocycles. The quantitative estimate of drug-likeness (QED) is 0.945. The fraction of sp³-hybridized carbons (Fsp3) is 0.467. The second-order valence-electron chi connectivity index (χ2n) is 5.31. The van der Waals surface area contributed by atoms with Gasteiger partial charge in [0.15, 0.2) is 0 Å². The lowest BCUT2D eigenvalue weighted by molar-refractivity contribution is 0.0707. The van der Waals surface area contributed by atoms with Crippen molar-refractivity contribution in [2.45, 2.75) is 25.8 Å². The molecule has 0 spiro atoms. The summed E-state index contributed by atoms with van der Waals surface area (Å²) in [6, 6.07) is 4.40. The molecule has 2 aromatic rings. The summed E-state index contributed by atoms with van der Waals surface area (Å²) in [4.78, 5) is 21.1. The van der Waals surface area contributed by atoms with E-state index in [0.717, 1.165) is 46.4 Å². The Morgan fingerprint density at radius 3 is 2.86 bits per heavy atom. The Bertz CT molecular complexity index is 615.